The molecule has 1 atom stereocenters. The van der Waals surface area contributed by atoms with Crippen molar-refractivity contribution in [1.82, 2.24) is 0 Å². The molecule has 0 saturated heterocycles. The first-order chi connectivity index (χ1) is 7.16. The number of carbonyl (C=O) groups is 1. The van der Waals surface area contributed by atoms with Crippen LogP contribution in [0.15, 0.2) is 22.7 Å². The first kappa shape index (κ1) is 10.3. The number of nitrogens with two attached hydrogens (primary N) is 1. The third-order valence-electron chi connectivity index (χ3n) is 2.22. The molecule has 1 aromatic carbocycles. The summed E-state index contributed by atoms with van der Waals surface area (Å²) >= 11 is 3.35. The lowest BCUT2D eigenvalue weighted by molar-refractivity contribution is 0.0765. The van der Waals surface area contributed by atoms with Crippen LogP contribution in [-0.2, 0) is 4.74 Å². The Kier molecular flexibility index (Phi) is 2.81. The van der Waals surface area contributed by atoms with Gasteiger partial charge in [-0.25, -0.2) is 4.79 Å². The molecule has 80 valence electrons. The summed E-state index contributed by atoms with van der Waals surface area (Å²) in [6, 6.07) is 5.60. The summed E-state index contributed by atoms with van der Waals surface area (Å²) in [5.74, 6) is 0.738. The minimum atomic E-state index is -0.754. The van der Waals surface area contributed by atoms with Gasteiger partial charge in [-0.1, -0.05) is 22.0 Å². The average Bonchev–Trinajstić information content (AvgIpc) is 2.16. The molecule has 1 amide bonds. The topological polar surface area (TPSA) is 61.6 Å². The molecule has 4 nitrogen and oxygen atoms in total. The Balaban J connectivity index is 2.30. The van der Waals surface area contributed by atoms with Crippen molar-refractivity contribution in [2.75, 3.05) is 6.61 Å². The summed E-state index contributed by atoms with van der Waals surface area (Å²) in [7, 11) is 0. The Labute approximate surface area is 95.5 Å². The Morgan fingerprint density at radius 1 is 1.60 bits per heavy atom. The van der Waals surface area contributed by atoms with Crippen LogP contribution in [0.2, 0.25) is 0 Å². The summed E-state index contributed by atoms with van der Waals surface area (Å²) in [5.41, 5.74) is 5.86. The highest BCUT2D eigenvalue weighted by atomic mass is 79.9. The van der Waals surface area contributed by atoms with Crippen LogP contribution in [0.4, 0.5) is 4.79 Å². The number of hydrogen-bond acceptors (Lipinski definition) is 3. The highest BCUT2D eigenvalue weighted by molar-refractivity contribution is 9.10. The molecule has 15 heavy (non-hydrogen) atoms. The molecule has 0 aliphatic carbocycles. The second-order valence-corrected chi connectivity index (χ2v) is 4.16. The molecule has 1 heterocycles. The average molecular weight is 272 g/mol. The maximum Gasteiger partial charge on any atom is 0.405 e. The van der Waals surface area contributed by atoms with Crippen LogP contribution in [0.25, 0.3) is 0 Å². The fourth-order valence-electron chi connectivity index (χ4n) is 1.59. The monoisotopic (exact) mass is 271 g/mol. The molecule has 2 N–H and O–H groups in total. The Morgan fingerprint density at radius 3 is 3.13 bits per heavy atom. The molecule has 1 unspecified atom stereocenters. The fraction of sp³-hybridized carbons (Fsp3) is 0.300. The van der Waals surface area contributed by atoms with Gasteiger partial charge >= 0.3 is 6.09 Å². The van der Waals surface area contributed by atoms with E-state index in [9.17, 15) is 4.79 Å². The molecular weight excluding hydrogens is 262 g/mol. The Hall–Kier alpha value is -1.23. The number of carbonyl (C=O) groups excluding carboxylic acids is 1. The lowest BCUT2D eigenvalue weighted by Gasteiger charge is -2.25. The van der Waals surface area contributed by atoms with E-state index in [0.717, 1.165) is 15.8 Å². The molecule has 1 aliphatic rings. The zero-order valence-electron chi connectivity index (χ0n) is 7.90. The summed E-state index contributed by atoms with van der Waals surface area (Å²) in [4.78, 5) is 10.7. The lowest BCUT2D eigenvalue weighted by atomic mass is 10.0. The second kappa shape index (κ2) is 4.10. The van der Waals surface area contributed by atoms with Crippen LogP contribution in [0.3, 0.4) is 0 Å². The Morgan fingerprint density at radius 2 is 2.40 bits per heavy atom. The van der Waals surface area contributed by atoms with E-state index in [4.69, 9.17) is 15.2 Å². The summed E-state index contributed by atoms with van der Waals surface area (Å²) in [5, 5.41) is 0. The van der Waals surface area contributed by atoms with Crippen LogP contribution < -0.4 is 10.5 Å². The molecule has 0 radical (unpaired) electrons. The SMILES string of the molecule is NC(=O)OC1CCOc2cc(Br)ccc21. The molecule has 0 aromatic heterocycles. The lowest BCUT2D eigenvalue weighted by Crippen LogP contribution is -2.22. The maximum atomic E-state index is 10.7. The standard InChI is InChI=1S/C10H10BrNO3/c11-6-1-2-7-8(15-10(12)13)3-4-14-9(7)5-6/h1-2,5,8H,3-4H2,(H2,12,13). The zero-order valence-corrected chi connectivity index (χ0v) is 9.49. The molecule has 1 aliphatic heterocycles. The van der Waals surface area contributed by atoms with Crippen molar-refractivity contribution >= 4 is 22.0 Å². The highest BCUT2D eigenvalue weighted by Gasteiger charge is 2.24. The zero-order chi connectivity index (χ0) is 10.8. The van der Waals surface area contributed by atoms with Crippen molar-refractivity contribution < 1.29 is 14.3 Å². The number of primary amides is 1. The molecule has 0 spiro atoms. The molecule has 1 aromatic rings. The first-order valence-corrected chi connectivity index (χ1v) is 5.34. The maximum absolute atomic E-state index is 10.7. The van der Waals surface area contributed by atoms with Crippen LogP contribution in [0, 0.1) is 0 Å². The van der Waals surface area contributed by atoms with Crippen molar-refractivity contribution in [2.45, 2.75) is 12.5 Å². The number of ether oxygens (including phenoxy) is 2. The minimum absolute atomic E-state index is 0.292. The fourth-order valence-corrected chi connectivity index (χ4v) is 1.93. The molecular formula is C10H10BrNO3. The van der Waals surface area contributed by atoms with Crippen molar-refractivity contribution in [3.05, 3.63) is 28.2 Å². The van der Waals surface area contributed by atoms with E-state index < -0.39 is 6.09 Å². The van der Waals surface area contributed by atoms with E-state index in [1.54, 1.807) is 0 Å². The molecule has 0 fully saturated rings. The quantitative estimate of drug-likeness (QED) is 0.853. The van der Waals surface area contributed by atoms with Gasteiger partial charge in [-0.2, -0.15) is 0 Å². The molecule has 0 bridgehead atoms. The highest BCUT2D eigenvalue weighted by Crippen LogP contribution is 2.36. The van der Waals surface area contributed by atoms with E-state index in [2.05, 4.69) is 15.9 Å². The van der Waals surface area contributed by atoms with E-state index in [1.807, 2.05) is 18.2 Å². The van der Waals surface area contributed by atoms with E-state index in [0.29, 0.717) is 13.0 Å². The van der Waals surface area contributed by atoms with Crippen LogP contribution in [-0.4, -0.2) is 12.7 Å². The number of benzene rings is 1. The van der Waals surface area contributed by atoms with E-state index in [1.165, 1.54) is 0 Å². The molecule has 0 saturated carbocycles. The van der Waals surface area contributed by atoms with Gasteiger partial charge in [0.05, 0.1) is 6.61 Å². The van der Waals surface area contributed by atoms with E-state index >= 15 is 0 Å². The predicted octanol–water partition coefficient (Wildman–Crippen LogP) is 2.37. The third-order valence-corrected chi connectivity index (χ3v) is 2.71. The van der Waals surface area contributed by atoms with Gasteiger partial charge in [0.15, 0.2) is 0 Å². The molecule has 2 rings (SSSR count). The van der Waals surface area contributed by atoms with Gasteiger partial charge in [0.25, 0.3) is 0 Å². The number of halogens is 1. The smallest absolute Gasteiger partial charge is 0.405 e. The number of rotatable bonds is 1. The van der Waals surface area contributed by atoms with Crippen molar-refractivity contribution in [1.29, 1.82) is 0 Å². The summed E-state index contributed by atoms with van der Waals surface area (Å²) in [6.07, 6.45) is -0.410. The summed E-state index contributed by atoms with van der Waals surface area (Å²) < 4.78 is 11.4. The third kappa shape index (κ3) is 2.23. The number of amides is 1. The normalized spacial score (nSPS) is 18.9. The molecule has 5 heteroatoms. The van der Waals surface area contributed by atoms with Crippen molar-refractivity contribution in [3.8, 4) is 5.75 Å². The van der Waals surface area contributed by atoms with Crippen LogP contribution in [0.1, 0.15) is 18.1 Å². The van der Waals surface area contributed by atoms with Gasteiger partial charge in [-0.05, 0) is 12.1 Å². The predicted molar refractivity (Wildman–Crippen MR) is 57.7 cm³/mol. The number of fused-ring (bicyclic) bond motifs is 1. The van der Waals surface area contributed by atoms with Gasteiger partial charge in [0.1, 0.15) is 11.9 Å². The van der Waals surface area contributed by atoms with Gasteiger partial charge in [-0.3, -0.25) is 0 Å². The van der Waals surface area contributed by atoms with Gasteiger partial charge in [-0.15, -0.1) is 0 Å². The second-order valence-electron chi connectivity index (χ2n) is 3.24. The van der Waals surface area contributed by atoms with Crippen LogP contribution in [0.5, 0.6) is 5.75 Å². The Bertz CT molecular complexity index is 394. The largest absolute Gasteiger partial charge is 0.493 e. The minimum Gasteiger partial charge on any atom is -0.493 e. The van der Waals surface area contributed by atoms with Gasteiger partial charge in [0, 0.05) is 16.5 Å². The van der Waals surface area contributed by atoms with Crippen LogP contribution >= 0.6 is 15.9 Å². The van der Waals surface area contributed by atoms with Gasteiger partial charge < -0.3 is 15.2 Å². The summed E-state index contributed by atoms with van der Waals surface area (Å²) in [6.45, 7) is 0.529. The number of hydrogen-bond donors (Lipinski definition) is 1. The van der Waals surface area contributed by atoms with Gasteiger partial charge in [0.2, 0.25) is 0 Å². The van der Waals surface area contributed by atoms with Crippen molar-refractivity contribution in [3.63, 3.8) is 0 Å². The van der Waals surface area contributed by atoms with Crippen molar-refractivity contribution in [2.24, 2.45) is 5.73 Å². The first-order valence-electron chi connectivity index (χ1n) is 4.55. The van der Waals surface area contributed by atoms with E-state index in [-0.39, 0.29) is 6.10 Å².